The lowest BCUT2D eigenvalue weighted by Crippen LogP contribution is -2.35. The van der Waals surface area contributed by atoms with Gasteiger partial charge in [-0.1, -0.05) is 0 Å². The Morgan fingerprint density at radius 3 is 3.00 bits per heavy atom. The van der Waals surface area contributed by atoms with Crippen molar-refractivity contribution in [1.29, 1.82) is 1.43 Å². The lowest BCUT2D eigenvalue weighted by molar-refractivity contribution is -0.145. The van der Waals surface area contributed by atoms with Gasteiger partial charge in [0.1, 0.15) is 6.61 Å². The standard InChI is InChI=1S/C8H15NO3/c1-9-4-2-7(3-5-9)12-6-8(10)11/h7H,2-6H2,1H3,(H,10,11)/i/hT. The quantitative estimate of drug-likeness (QED) is 0.665. The van der Waals surface area contributed by atoms with E-state index < -0.39 is 5.97 Å². The van der Waals surface area contributed by atoms with Crippen molar-refractivity contribution < 1.29 is 14.6 Å². The van der Waals surface area contributed by atoms with Crippen molar-refractivity contribution in [3.63, 3.8) is 0 Å². The highest BCUT2D eigenvalue weighted by atomic mass is 16.5. The van der Waals surface area contributed by atoms with Gasteiger partial charge in [0, 0.05) is 13.1 Å². The molecule has 0 bridgehead atoms. The van der Waals surface area contributed by atoms with E-state index in [2.05, 4.69) is 17.1 Å². The molecule has 12 heavy (non-hydrogen) atoms. The molecule has 0 saturated carbocycles. The second-order valence-corrected chi connectivity index (χ2v) is 3.19. The Bertz CT molecular complexity index is 169. The maximum Gasteiger partial charge on any atom is 0.329 e. The third kappa shape index (κ3) is 3.19. The summed E-state index contributed by atoms with van der Waals surface area (Å²) in [5.74, 6) is -0.626. The van der Waals surface area contributed by atoms with E-state index in [0.29, 0.717) is 0 Å². The van der Waals surface area contributed by atoms with Crippen molar-refractivity contribution in [1.82, 2.24) is 4.90 Å². The van der Waals surface area contributed by atoms with E-state index in [4.69, 9.17) is 6.17 Å². The van der Waals surface area contributed by atoms with Crippen LogP contribution >= 0.6 is 0 Å². The van der Waals surface area contributed by atoms with Crippen LogP contribution in [0.5, 0.6) is 0 Å². The van der Waals surface area contributed by atoms with Crippen molar-refractivity contribution in [3.05, 3.63) is 0 Å². The highest BCUT2D eigenvalue weighted by Crippen LogP contribution is 2.11. The van der Waals surface area contributed by atoms with Crippen LogP contribution in [0.4, 0.5) is 0 Å². The molecule has 0 aliphatic carbocycles. The van der Waals surface area contributed by atoms with Crippen LogP contribution in [0.15, 0.2) is 0 Å². The molecule has 1 fully saturated rings. The molecule has 4 heteroatoms. The molecule has 1 aliphatic heterocycles. The molecule has 4 nitrogen and oxygen atoms in total. The topological polar surface area (TPSA) is 49.8 Å². The third-order valence-electron chi connectivity index (χ3n) is 2.10. The van der Waals surface area contributed by atoms with Crippen molar-refractivity contribution in [2.75, 3.05) is 26.7 Å². The Kier molecular flexibility index (Phi) is 2.95. The molecule has 1 N–H and O–H groups in total. The molecule has 1 saturated heterocycles. The second-order valence-electron chi connectivity index (χ2n) is 3.19. The summed E-state index contributed by atoms with van der Waals surface area (Å²) in [5.41, 5.74) is 0. The van der Waals surface area contributed by atoms with E-state index in [0.717, 1.165) is 25.9 Å². The summed E-state index contributed by atoms with van der Waals surface area (Å²) in [4.78, 5) is 12.8. The summed E-state index contributed by atoms with van der Waals surface area (Å²) in [5, 5.41) is 3.74. The Labute approximate surface area is 73.6 Å². The van der Waals surface area contributed by atoms with E-state index in [1.165, 1.54) is 0 Å². The van der Waals surface area contributed by atoms with Gasteiger partial charge in [0.05, 0.1) is 6.10 Å². The Morgan fingerprint density at radius 1 is 1.75 bits per heavy atom. The molecule has 0 radical (unpaired) electrons. The summed E-state index contributed by atoms with van der Waals surface area (Å²) < 4.78 is 11.6. The van der Waals surface area contributed by atoms with Crippen LogP contribution in [0.2, 0.25) is 0 Å². The summed E-state index contributed by atoms with van der Waals surface area (Å²) in [6.07, 6.45) is 2.04. The number of nitrogens with zero attached hydrogens (tertiary/aromatic N) is 1. The SMILES string of the molecule is [3H]OC(=O)COC1CCN(C)CC1. The fourth-order valence-electron chi connectivity index (χ4n) is 1.34. The van der Waals surface area contributed by atoms with E-state index in [1.54, 1.807) is 0 Å². The average molecular weight is 175 g/mol. The lowest BCUT2D eigenvalue weighted by atomic mass is 10.1. The molecule has 1 heterocycles. The summed E-state index contributed by atoms with van der Waals surface area (Å²) in [7, 11) is 2.06. The zero-order valence-electron chi connectivity index (χ0n) is 8.28. The largest absolute Gasteiger partial charge is 0.480 e. The first-order valence-electron chi connectivity index (χ1n) is 4.59. The van der Waals surface area contributed by atoms with Crippen LogP contribution in [0, 0.1) is 0 Å². The van der Waals surface area contributed by atoms with Crippen LogP contribution < -0.4 is 0 Å². The summed E-state index contributed by atoms with van der Waals surface area (Å²) in [6.45, 7) is 1.90. The predicted molar refractivity (Wildman–Crippen MR) is 44.1 cm³/mol. The van der Waals surface area contributed by atoms with Gasteiger partial charge in [-0.2, -0.15) is 0 Å². The molecule has 0 aromatic carbocycles. The van der Waals surface area contributed by atoms with Crippen molar-refractivity contribution in [3.8, 4) is 0 Å². The van der Waals surface area contributed by atoms with E-state index in [9.17, 15) is 4.79 Å². The highest BCUT2D eigenvalue weighted by molar-refractivity contribution is 5.68. The van der Waals surface area contributed by atoms with Crippen molar-refractivity contribution in [2.24, 2.45) is 0 Å². The molecule has 1 aliphatic rings. The molecule has 0 atom stereocenters. The molecular weight excluding hydrogens is 158 g/mol. The van der Waals surface area contributed by atoms with Gasteiger partial charge in [-0.15, -0.1) is 0 Å². The Balaban J connectivity index is 2.12. The van der Waals surface area contributed by atoms with Crippen molar-refractivity contribution >= 4 is 5.97 Å². The predicted octanol–water partition coefficient (Wildman–Crippen LogP) is 0.182. The second kappa shape index (κ2) is 4.42. The number of hydrogen-bond acceptors (Lipinski definition) is 4. The minimum Gasteiger partial charge on any atom is -0.480 e. The number of ether oxygens (including phenoxy) is 1. The van der Waals surface area contributed by atoms with Gasteiger partial charge in [0.25, 0.3) is 1.43 Å². The molecule has 0 aromatic rings. The smallest absolute Gasteiger partial charge is 0.329 e. The summed E-state index contributed by atoms with van der Waals surface area (Å²) >= 11 is 0. The van der Waals surface area contributed by atoms with Gasteiger partial charge in [-0.25, -0.2) is 4.79 Å². The fourth-order valence-corrected chi connectivity index (χ4v) is 1.34. The maximum atomic E-state index is 10.6. The number of rotatable bonds is 3. The monoisotopic (exact) mass is 175 g/mol. The number of likely N-dealkylation sites (tertiary alicyclic amines) is 1. The number of carbonyl (C=O) groups is 1. The van der Waals surface area contributed by atoms with E-state index >= 15 is 0 Å². The zero-order chi connectivity index (χ0) is 9.68. The van der Waals surface area contributed by atoms with Gasteiger partial charge in [-0.3, -0.25) is 0 Å². The van der Waals surface area contributed by atoms with Gasteiger partial charge >= 0.3 is 5.97 Å². The van der Waals surface area contributed by atoms with Crippen LogP contribution in [-0.4, -0.2) is 48.8 Å². The van der Waals surface area contributed by atoms with E-state index in [1.807, 2.05) is 0 Å². The van der Waals surface area contributed by atoms with Gasteiger partial charge < -0.3 is 14.7 Å². The highest BCUT2D eigenvalue weighted by Gasteiger charge is 2.17. The number of carboxylic acid groups (broad SMARTS) is 1. The molecule has 0 spiro atoms. The van der Waals surface area contributed by atoms with Crippen LogP contribution in [0.3, 0.4) is 0 Å². The Hall–Kier alpha value is -0.610. The van der Waals surface area contributed by atoms with Crippen LogP contribution in [0.1, 0.15) is 12.8 Å². The number of hydrogen-bond donors (Lipinski definition) is 1. The minimum absolute atomic E-state index is 0.0993. The average Bonchev–Trinajstić information content (AvgIpc) is 2.16. The van der Waals surface area contributed by atoms with Gasteiger partial charge in [0.15, 0.2) is 0 Å². The zero-order valence-corrected chi connectivity index (χ0v) is 7.28. The lowest BCUT2D eigenvalue weighted by Gasteiger charge is -2.28. The maximum absolute atomic E-state index is 10.6. The van der Waals surface area contributed by atoms with Crippen LogP contribution in [0.25, 0.3) is 1.43 Å². The number of aliphatic carboxylic acids is 1. The number of carboxylic acids is 1. The number of piperidine rings is 1. The fraction of sp³-hybridized carbons (Fsp3) is 0.875. The first kappa shape index (κ1) is 8.01. The molecule has 70 valence electrons. The first-order valence-corrected chi connectivity index (χ1v) is 4.18. The first-order chi connectivity index (χ1) is 6.22. The normalized spacial score (nSPS) is 21.9. The van der Waals surface area contributed by atoms with Crippen molar-refractivity contribution in [2.45, 2.75) is 18.9 Å². The van der Waals surface area contributed by atoms with Crippen LogP contribution in [-0.2, 0) is 9.53 Å². The Morgan fingerprint density at radius 2 is 2.42 bits per heavy atom. The summed E-state index contributed by atoms with van der Waals surface area (Å²) in [6, 6.07) is 0. The minimum atomic E-state index is -0.626. The molecule has 1 rings (SSSR count). The van der Waals surface area contributed by atoms with Gasteiger partial charge in [0.2, 0.25) is 0 Å². The molecule has 0 amide bonds. The third-order valence-corrected chi connectivity index (χ3v) is 2.10. The molecule has 0 unspecified atom stereocenters. The molecular formula is C8H15NO3. The molecule has 0 aromatic heterocycles. The van der Waals surface area contributed by atoms with Gasteiger partial charge in [-0.05, 0) is 19.9 Å². The van der Waals surface area contributed by atoms with E-state index in [-0.39, 0.29) is 12.7 Å².